The number of aromatic nitrogens is 1. The molecule has 1 saturated heterocycles. The second-order valence-electron chi connectivity index (χ2n) is 4.57. The fourth-order valence-corrected chi connectivity index (χ4v) is 3.22. The number of fused-ring (bicyclic) bond motifs is 1. The summed E-state index contributed by atoms with van der Waals surface area (Å²) in [5.41, 5.74) is 9.21. The average Bonchev–Trinajstić information content (AvgIpc) is 3.05. The molecule has 3 rings (SSSR count). The van der Waals surface area contributed by atoms with Crippen molar-refractivity contribution in [2.75, 3.05) is 13.1 Å². The predicted molar refractivity (Wildman–Crippen MR) is 72.7 cm³/mol. The maximum Gasteiger partial charge on any atom is 0.254 e. The van der Waals surface area contributed by atoms with Crippen molar-refractivity contribution in [3.63, 3.8) is 0 Å². The lowest BCUT2D eigenvalue weighted by Crippen LogP contribution is -2.39. The Kier molecular flexibility index (Phi) is 3.01. The van der Waals surface area contributed by atoms with Gasteiger partial charge in [0.25, 0.3) is 5.91 Å². The lowest BCUT2D eigenvalue weighted by molar-refractivity contribution is 0.0741. The van der Waals surface area contributed by atoms with Crippen molar-refractivity contribution in [3.05, 3.63) is 29.3 Å². The molecule has 0 aliphatic carbocycles. The molecule has 0 spiro atoms. The van der Waals surface area contributed by atoms with Gasteiger partial charge in [-0.25, -0.2) is 4.98 Å². The third-order valence-corrected chi connectivity index (χ3v) is 4.28. The number of nitrogens with zero attached hydrogens (tertiary/aromatic N) is 2. The molecular formula is C13H15N3OS. The van der Waals surface area contributed by atoms with Crippen LogP contribution < -0.4 is 5.73 Å². The van der Waals surface area contributed by atoms with Crippen LogP contribution in [0, 0.1) is 0 Å². The molecule has 2 aromatic rings. The Hall–Kier alpha value is -1.46. The van der Waals surface area contributed by atoms with Gasteiger partial charge in [-0.15, -0.1) is 11.3 Å². The van der Waals surface area contributed by atoms with Gasteiger partial charge in [-0.2, -0.15) is 0 Å². The van der Waals surface area contributed by atoms with Crippen molar-refractivity contribution < 1.29 is 4.79 Å². The quantitative estimate of drug-likeness (QED) is 0.897. The normalized spacial score (nSPS) is 19.6. The van der Waals surface area contributed by atoms with Crippen LogP contribution >= 0.6 is 11.3 Å². The molecule has 1 aromatic carbocycles. The Morgan fingerprint density at radius 1 is 1.56 bits per heavy atom. The zero-order valence-corrected chi connectivity index (χ0v) is 10.8. The van der Waals surface area contributed by atoms with Crippen LogP contribution in [0.2, 0.25) is 0 Å². The summed E-state index contributed by atoms with van der Waals surface area (Å²) < 4.78 is 1.06. The van der Waals surface area contributed by atoms with Gasteiger partial charge in [-0.3, -0.25) is 4.79 Å². The zero-order chi connectivity index (χ0) is 12.5. The van der Waals surface area contributed by atoms with Crippen LogP contribution in [0.25, 0.3) is 10.2 Å². The van der Waals surface area contributed by atoms with Crippen molar-refractivity contribution in [1.82, 2.24) is 9.88 Å². The molecule has 2 heterocycles. The smallest absolute Gasteiger partial charge is 0.254 e. The van der Waals surface area contributed by atoms with E-state index >= 15 is 0 Å². The van der Waals surface area contributed by atoms with Gasteiger partial charge in [0.1, 0.15) is 0 Å². The van der Waals surface area contributed by atoms with Crippen molar-refractivity contribution in [1.29, 1.82) is 0 Å². The van der Waals surface area contributed by atoms with Crippen molar-refractivity contribution >= 4 is 27.5 Å². The minimum absolute atomic E-state index is 0.0956. The molecule has 1 aliphatic rings. The van der Waals surface area contributed by atoms with Crippen molar-refractivity contribution in [2.45, 2.75) is 18.9 Å². The van der Waals surface area contributed by atoms with Gasteiger partial charge in [0.05, 0.1) is 15.7 Å². The first kappa shape index (κ1) is 11.6. The van der Waals surface area contributed by atoms with E-state index in [0.29, 0.717) is 6.54 Å². The van der Waals surface area contributed by atoms with Crippen molar-refractivity contribution in [2.24, 2.45) is 5.73 Å². The third-order valence-electron chi connectivity index (χ3n) is 3.49. The highest BCUT2D eigenvalue weighted by Crippen LogP contribution is 2.23. The molecule has 0 radical (unpaired) electrons. The number of benzene rings is 1. The fourth-order valence-electron chi connectivity index (χ4n) is 2.50. The second-order valence-corrected chi connectivity index (χ2v) is 5.45. The highest BCUT2D eigenvalue weighted by atomic mass is 32.1. The average molecular weight is 261 g/mol. The van der Waals surface area contributed by atoms with Gasteiger partial charge >= 0.3 is 0 Å². The van der Waals surface area contributed by atoms with Crippen LogP contribution in [-0.4, -0.2) is 34.9 Å². The van der Waals surface area contributed by atoms with Gasteiger partial charge in [0.2, 0.25) is 0 Å². The maximum absolute atomic E-state index is 12.4. The number of nitrogens with two attached hydrogens (primary N) is 1. The molecule has 18 heavy (non-hydrogen) atoms. The molecule has 0 saturated carbocycles. The molecule has 1 aliphatic heterocycles. The maximum atomic E-state index is 12.4. The Morgan fingerprint density at radius 3 is 3.28 bits per heavy atom. The third kappa shape index (κ3) is 1.89. The summed E-state index contributed by atoms with van der Waals surface area (Å²) in [7, 11) is 0. The van der Waals surface area contributed by atoms with Crippen LogP contribution in [0.15, 0.2) is 23.7 Å². The summed E-state index contributed by atoms with van der Waals surface area (Å²) in [5.74, 6) is 0.0956. The first-order valence-corrected chi connectivity index (χ1v) is 7.02. The second kappa shape index (κ2) is 4.66. The van der Waals surface area contributed by atoms with Gasteiger partial charge in [-0.05, 0) is 31.0 Å². The summed E-state index contributed by atoms with van der Waals surface area (Å²) in [5, 5.41) is 0. The molecule has 1 unspecified atom stereocenters. The molecule has 1 aromatic heterocycles. The topological polar surface area (TPSA) is 59.2 Å². The molecule has 1 atom stereocenters. The molecule has 94 valence electrons. The Balaban J connectivity index is 1.91. The number of hydrogen-bond acceptors (Lipinski definition) is 4. The van der Waals surface area contributed by atoms with Crippen LogP contribution in [-0.2, 0) is 0 Å². The van der Waals surface area contributed by atoms with E-state index in [-0.39, 0.29) is 11.9 Å². The Bertz CT molecular complexity index is 580. The van der Waals surface area contributed by atoms with Crippen LogP contribution in [0.3, 0.4) is 0 Å². The van der Waals surface area contributed by atoms with E-state index in [0.717, 1.165) is 35.2 Å². The molecular weight excluding hydrogens is 246 g/mol. The summed E-state index contributed by atoms with van der Waals surface area (Å²) in [6.07, 6.45) is 2.07. The summed E-state index contributed by atoms with van der Waals surface area (Å²) in [6.45, 7) is 1.37. The van der Waals surface area contributed by atoms with Crippen LogP contribution in [0.5, 0.6) is 0 Å². The number of amides is 1. The Morgan fingerprint density at radius 2 is 2.44 bits per heavy atom. The van der Waals surface area contributed by atoms with Crippen molar-refractivity contribution in [3.8, 4) is 0 Å². The van der Waals surface area contributed by atoms with E-state index in [1.807, 2.05) is 23.1 Å². The first-order chi connectivity index (χ1) is 8.79. The molecule has 4 nitrogen and oxygen atoms in total. The standard InChI is InChI=1S/C13H15N3OS/c14-7-10-2-1-5-16(10)13(17)9-3-4-11-12(6-9)18-8-15-11/h3-4,6,8,10H,1-2,5,7,14H2. The van der Waals surface area contributed by atoms with Gasteiger partial charge < -0.3 is 10.6 Å². The van der Waals surface area contributed by atoms with Gasteiger partial charge in [0.15, 0.2) is 0 Å². The largest absolute Gasteiger partial charge is 0.334 e. The monoisotopic (exact) mass is 261 g/mol. The number of hydrogen-bond donors (Lipinski definition) is 1. The predicted octanol–water partition coefficient (Wildman–Crippen LogP) is 1.86. The molecule has 1 fully saturated rings. The number of carbonyl (C=O) groups excluding carboxylic acids is 1. The zero-order valence-electron chi connectivity index (χ0n) is 10.0. The summed E-state index contributed by atoms with van der Waals surface area (Å²) in [6, 6.07) is 5.90. The van der Waals surface area contributed by atoms with E-state index < -0.39 is 0 Å². The fraction of sp³-hybridized carbons (Fsp3) is 0.385. The lowest BCUT2D eigenvalue weighted by atomic mass is 10.1. The molecule has 1 amide bonds. The van der Waals surface area contributed by atoms with Gasteiger partial charge in [-0.1, -0.05) is 0 Å². The minimum atomic E-state index is 0.0956. The highest BCUT2D eigenvalue weighted by Gasteiger charge is 2.28. The SMILES string of the molecule is NCC1CCCN1C(=O)c1ccc2ncsc2c1. The molecule has 5 heteroatoms. The van der Waals surface area contributed by atoms with E-state index in [4.69, 9.17) is 5.73 Å². The van der Waals surface area contributed by atoms with E-state index in [9.17, 15) is 4.79 Å². The van der Waals surface area contributed by atoms with E-state index in [1.54, 1.807) is 16.8 Å². The first-order valence-electron chi connectivity index (χ1n) is 6.14. The molecule has 0 bridgehead atoms. The minimum Gasteiger partial charge on any atom is -0.334 e. The molecule has 2 N–H and O–H groups in total. The van der Waals surface area contributed by atoms with E-state index in [2.05, 4.69) is 4.98 Å². The summed E-state index contributed by atoms with van der Waals surface area (Å²) >= 11 is 1.56. The number of likely N-dealkylation sites (tertiary alicyclic amines) is 1. The lowest BCUT2D eigenvalue weighted by Gasteiger charge is -2.23. The Labute approximate surface area is 109 Å². The van der Waals surface area contributed by atoms with Gasteiger partial charge in [0, 0.05) is 24.7 Å². The number of carbonyl (C=O) groups is 1. The van der Waals surface area contributed by atoms with E-state index in [1.165, 1.54) is 0 Å². The van der Waals surface area contributed by atoms with Crippen LogP contribution in [0.4, 0.5) is 0 Å². The number of rotatable bonds is 2. The number of thiazole rings is 1. The summed E-state index contributed by atoms with van der Waals surface area (Å²) in [4.78, 5) is 18.6. The highest BCUT2D eigenvalue weighted by molar-refractivity contribution is 7.16. The van der Waals surface area contributed by atoms with Crippen LogP contribution in [0.1, 0.15) is 23.2 Å².